The Labute approximate surface area is 79.0 Å². The fourth-order valence-corrected chi connectivity index (χ4v) is 1.20. The third kappa shape index (κ3) is 1.86. The van der Waals surface area contributed by atoms with E-state index in [-0.39, 0.29) is 6.42 Å². The van der Waals surface area contributed by atoms with Crippen molar-refractivity contribution >= 4 is 5.97 Å². The number of aliphatic hydroxyl groups is 4. The van der Waals surface area contributed by atoms with E-state index in [2.05, 4.69) is 0 Å². The molecule has 0 saturated heterocycles. The van der Waals surface area contributed by atoms with E-state index < -0.39 is 35.3 Å². The molecular weight excluding hydrogens is 192 g/mol. The Balaban J connectivity index is 2.98. The van der Waals surface area contributed by atoms with Crippen LogP contribution in [0.15, 0.2) is 23.2 Å². The first-order chi connectivity index (χ1) is 6.43. The minimum absolute atomic E-state index is 0.304. The van der Waals surface area contributed by atoms with Crippen LogP contribution < -0.4 is 0 Å². The van der Waals surface area contributed by atoms with Crippen molar-refractivity contribution in [3.8, 4) is 0 Å². The molecule has 0 spiro atoms. The Morgan fingerprint density at radius 1 is 1.43 bits per heavy atom. The summed E-state index contributed by atoms with van der Waals surface area (Å²) in [5.74, 6) is -3.39. The molecule has 1 rings (SSSR count). The third-order valence-electron chi connectivity index (χ3n) is 1.99. The number of aliphatic carboxylic acids is 1. The molecule has 5 N–H and O–H groups in total. The minimum atomic E-state index is -1.83. The summed E-state index contributed by atoms with van der Waals surface area (Å²) in [6.45, 7) is 0. The van der Waals surface area contributed by atoms with Crippen LogP contribution in [0, 0.1) is 5.92 Å². The highest BCUT2D eigenvalue weighted by atomic mass is 16.5. The Hall–Kier alpha value is -1.53. The molecule has 0 aromatic carbocycles. The molecule has 6 nitrogen and oxygen atoms in total. The summed E-state index contributed by atoms with van der Waals surface area (Å²) >= 11 is 0. The van der Waals surface area contributed by atoms with E-state index in [1.165, 1.54) is 0 Å². The Morgan fingerprint density at radius 2 is 2.00 bits per heavy atom. The Morgan fingerprint density at radius 3 is 2.43 bits per heavy atom. The van der Waals surface area contributed by atoms with Gasteiger partial charge in [-0.1, -0.05) is 0 Å². The van der Waals surface area contributed by atoms with Gasteiger partial charge in [-0.2, -0.15) is 0 Å². The lowest BCUT2D eigenvalue weighted by Gasteiger charge is -2.22. The zero-order valence-electron chi connectivity index (χ0n) is 7.08. The maximum Gasteiger partial charge on any atom is 0.339 e. The van der Waals surface area contributed by atoms with Gasteiger partial charge in [0.15, 0.2) is 6.29 Å². The Kier molecular flexibility index (Phi) is 2.78. The van der Waals surface area contributed by atoms with Crippen LogP contribution in [0.25, 0.3) is 0 Å². The topological polar surface area (TPSA) is 118 Å². The summed E-state index contributed by atoms with van der Waals surface area (Å²) in [5, 5.41) is 44.5. The molecule has 1 atom stereocenters. The standard InChI is InChI=1S/C8H10O6/c9-5-1-3(7(11)12)6(10)2-4(5)8(13)14/h1,4,8-10,13-14H,2H2,(H,11,12). The van der Waals surface area contributed by atoms with Crippen molar-refractivity contribution in [2.45, 2.75) is 12.7 Å². The number of hydrogen-bond acceptors (Lipinski definition) is 5. The van der Waals surface area contributed by atoms with Crippen LogP contribution in [0.3, 0.4) is 0 Å². The van der Waals surface area contributed by atoms with Crippen molar-refractivity contribution in [1.82, 2.24) is 0 Å². The quantitative estimate of drug-likeness (QED) is 0.391. The summed E-state index contributed by atoms with van der Waals surface area (Å²) in [7, 11) is 0. The molecule has 0 amide bonds. The Bertz CT molecular complexity index is 314. The van der Waals surface area contributed by atoms with Crippen LogP contribution in [0.4, 0.5) is 0 Å². The molecule has 0 fully saturated rings. The molecule has 6 heteroatoms. The van der Waals surface area contributed by atoms with Gasteiger partial charge in [0.2, 0.25) is 0 Å². The van der Waals surface area contributed by atoms with Crippen molar-refractivity contribution in [2.24, 2.45) is 5.92 Å². The molecule has 14 heavy (non-hydrogen) atoms. The number of carbonyl (C=O) groups is 1. The SMILES string of the molecule is O=C(O)C1=C(O)CC(C(O)O)C(O)=C1. The van der Waals surface area contributed by atoms with E-state index in [0.717, 1.165) is 6.08 Å². The number of carboxylic acid groups (broad SMARTS) is 1. The molecule has 0 saturated carbocycles. The van der Waals surface area contributed by atoms with Crippen LogP contribution in [0.2, 0.25) is 0 Å². The summed E-state index contributed by atoms with van der Waals surface area (Å²) in [6, 6.07) is 0. The fourth-order valence-electron chi connectivity index (χ4n) is 1.20. The molecule has 0 aromatic heterocycles. The highest BCUT2D eigenvalue weighted by molar-refractivity contribution is 5.90. The highest BCUT2D eigenvalue weighted by Crippen LogP contribution is 2.28. The molecule has 0 aromatic rings. The van der Waals surface area contributed by atoms with Crippen LogP contribution in [0.1, 0.15) is 6.42 Å². The number of allylic oxidation sites excluding steroid dienone is 1. The van der Waals surface area contributed by atoms with Crippen LogP contribution in [0.5, 0.6) is 0 Å². The molecule has 0 bridgehead atoms. The lowest BCUT2D eigenvalue weighted by atomic mass is 9.92. The monoisotopic (exact) mass is 202 g/mol. The van der Waals surface area contributed by atoms with E-state index in [1.807, 2.05) is 0 Å². The van der Waals surface area contributed by atoms with Crippen LogP contribution >= 0.6 is 0 Å². The second kappa shape index (κ2) is 3.69. The van der Waals surface area contributed by atoms with Gasteiger partial charge in [-0.05, 0) is 6.08 Å². The van der Waals surface area contributed by atoms with Gasteiger partial charge in [-0.3, -0.25) is 0 Å². The summed E-state index contributed by atoms with van der Waals surface area (Å²) in [6.07, 6.45) is -1.32. The first-order valence-corrected chi connectivity index (χ1v) is 3.85. The molecule has 0 aliphatic heterocycles. The smallest absolute Gasteiger partial charge is 0.339 e. The van der Waals surface area contributed by atoms with E-state index in [9.17, 15) is 15.0 Å². The normalized spacial score (nSPS) is 22.5. The van der Waals surface area contributed by atoms with Crippen molar-refractivity contribution in [3.63, 3.8) is 0 Å². The number of hydrogen-bond donors (Lipinski definition) is 5. The molecule has 0 heterocycles. The first-order valence-electron chi connectivity index (χ1n) is 3.85. The van der Waals surface area contributed by atoms with E-state index >= 15 is 0 Å². The van der Waals surface area contributed by atoms with Gasteiger partial charge in [-0.15, -0.1) is 0 Å². The van der Waals surface area contributed by atoms with Crippen molar-refractivity contribution in [3.05, 3.63) is 23.2 Å². The van der Waals surface area contributed by atoms with Crippen molar-refractivity contribution in [2.75, 3.05) is 0 Å². The van der Waals surface area contributed by atoms with Gasteiger partial charge in [0.25, 0.3) is 0 Å². The van der Waals surface area contributed by atoms with Gasteiger partial charge < -0.3 is 25.5 Å². The minimum Gasteiger partial charge on any atom is -0.512 e. The molecule has 1 aliphatic carbocycles. The predicted molar refractivity (Wildman–Crippen MR) is 44.3 cm³/mol. The van der Waals surface area contributed by atoms with E-state index in [0.29, 0.717) is 0 Å². The van der Waals surface area contributed by atoms with Crippen molar-refractivity contribution < 1.29 is 30.3 Å². The maximum atomic E-state index is 10.5. The van der Waals surface area contributed by atoms with Gasteiger partial charge in [0.1, 0.15) is 17.1 Å². The number of aliphatic hydroxyl groups excluding tert-OH is 3. The van der Waals surface area contributed by atoms with E-state index in [1.54, 1.807) is 0 Å². The first kappa shape index (κ1) is 10.6. The predicted octanol–water partition coefficient (Wildman–Crippen LogP) is -0.344. The second-order valence-corrected chi connectivity index (χ2v) is 2.96. The van der Waals surface area contributed by atoms with Crippen LogP contribution in [-0.2, 0) is 4.79 Å². The zero-order valence-corrected chi connectivity index (χ0v) is 7.08. The average Bonchev–Trinajstić information content (AvgIpc) is 2.07. The van der Waals surface area contributed by atoms with E-state index in [4.69, 9.17) is 15.3 Å². The molecule has 78 valence electrons. The largest absolute Gasteiger partial charge is 0.512 e. The lowest BCUT2D eigenvalue weighted by Crippen LogP contribution is -2.26. The zero-order chi connectivity index (χ0) is 10.9. The number of carboxylic acids is 1. The molecular formula is C8H10O6. The average molecular weight is 202 g/mol. The highest BCUT2D eigenvalue weighted by Gasteiger charge is 2.30. The summed E-state index contributed by atoms with van der Waals surface area (Å²) < 4.78 is 0. The van der Waals surface area contributed by atoms with Gasteiger partial charge in [0, 0.05) is 6.42 Å². The lowest BCUT2D eigenvalue weighted by molar-refractivity contribution is -0.132. The molecule has 1 unspecified atom stereocenters. The van der Waals surface area contributed by atoms with Gasteiger partial charge >= 0.3 is 5.97 Å². The van der Waals surface area contributed by atoms with Gasteiger partial charge in [0.05, 0.1) is 5.92 Å². The molecule has 0 radical (unpaired) electrons. The second-order valence-electron chi connectivity index (χ2n) is 2.96. The number of rotatable bonds is 2. The maximum absolute atomic E-state index is 10.5. The van der Waals surface area contributed by atoms with Crippen molar-refractivity contribution in [1.29, 1.82) is 0 Å². The summed E-state index contributed by atoms with van der Waals surface area (Å²) in [5.41, 5.74) is -0.431. The van der Waals surface area contributed by atoms with Gasteiger partial charge in [-0.25, -0.2) is 4.79 Å². The fraction of sp³-hybridized carbons (Fsp3) is 0.375. The molecule has 1 aliphatic rings. The summed E-state index contributed by atoms with van der Waals surface area (Å²) in [4.78, 5) is 10.5. The third-order valence-corrected chi connectivity index (χ3v) is 1.99. The van der Waals surface area contributed by atoms with Crippen LogP contribution in [-0.4, -0.2) is 37.8 Å².